The van der Waals surface area contributed by atoms with Gasteiger partial charge in [0.25, 0.3) is 5.95 Å². The first-order valence-corrected chi connectivity index (χ1v) is 8.85. The molecule has 7 nitrogen and oxygen atoms in total. The van der Waals surface area contributed by atoms with E-state index in [4.69, 9.17) is 22.1 Å². The first-order chi connectivity index (χ1) is 13.6. The summed E-state index contributed by atoms with van der Waals surface area (Å²) in [4.78, 5) is 1.28. The van der Waals surface area contributed by atoms with E-state index in [0.717, 1.165) is 16.3 Å². The predicted octanol–water partition coefficient (Wildman–Crippen LogP) is 3.52. The van der Waals surface area contributed by atoms with Gasteiger partial charge in [-0.1, -0.05) is 53.1 Å². The summed E-state index contributed by atoms with van der Waals surface area (Å²) in [5.41, 5.74) is 9.91. The highest BCUT2D eigenvalue weighted by atomic mass is 35.5. The van der Waals surface area contributed by atoms with Crippen molar-refractivity contribution in [2.24, 2.45) is 0 Å². The van der Waals surface area contributed by atoms with Crippen LogP contribution in [0.3, 0.4) is 0 Å². The van der Waals surface area contributed by atoms with Crippen LogP contribution < -0.4 is 15.9 Å². The van der Waals surface area contributed by atoms with Crippen molar-refractivity contribution >= 4 is 28.3 Å². The third kappa shape index (κ3) is 3.54. The number of tetrazole rings is 1. The first kappa shape index (κ1) is 18.0. The molecule has 142 valence electrons. The number of nitrogens with one attached hydrogen (secondary N) is 1. The Morgan fingerprint density at radius 1 is 1.07 bits per heavy atom. The van der Waals surface area contributed by atoms with Gasteiger partial charge < -0.3 is 15.9 Å². The van der Waals surface area contributed by atoms with Crippen molar-refractivity contribution < 1.29 is 9.13 Å². The molecule has 1 heterocycles. The lowest BCUT2D eigenvalue weighted by molar-refractivity contribution is 0.297. The highest BCUT2D eigenvalue weighted by molar-refractivity contribution is 6.31. The Balaban J connectivity index is 1.66. The highest BCUT2D eigenvalue weighted by Crippen LogP contribution is 2.30. The monoisotopic (exact) mass is 398 g/mol. The lowest BCUT2D eigenvalue weighted by atomic mass is 10.0. The zero-order valence-electron chi connectivity index (χ0n) is 14.6. The Hall–Kier alpha value is -3.39. The van der Waals surface area contributed by atoms with Gasteiger partial charge in [-0.15, -0.1) is 4.79 Å². The fourth-order valence-corrected chi connectivity index (χ4v) is 3.13. The van der Waals surface area contributed by atoms with Gasteiger partial charge in [-0.05, 0) is 39.4 Å². The van der Waals surface area contributed by atoms with Crippen LogP contribution in [-0.2, 0) is 13.2 Å². The molecule has 4 rings (SSSR count). The SMILES string of the molecule is Nc1nnnn1NCc1c(OCc2c(F)cccc2Cl)ccc2ccccc12. The Kier molecular flexibility index (Phi) is 4.94. The van der Waals surface area contributed by atoms with E-state index in [9.17, 15) is 4.39 Å². The minimum Gasteiger partial charge on any atom is -0.488 e. The molecule has 0 aliphatic rings. The second-order valence-corrected chi connectivity index (χ2v) is 6.44. The Morgan fingerprint density at radius 2 is 1.93 bits per heavy atom. The number of nitrogen functional groups attached to an aromatic ring is 1. The maximum Gasteiger partial charge on any atom is 0.260 e. The number of aromatic nitrogens is 4. The maximum atomic E-state index is 14.1. The van der Waals surface area contributed by atoms with Gasteiger partial charge in [-0.3, -0.25) is 0 Å². The lowest BCUT2D eigenvalue weighted by Gasteiger charge is -2.16. The van der Waals surface area contributed by atoms with Crippen molar-refractivity contribution in [1.82, 2.24) is 20.3 Å². The molecule has 0 saturated carbocycles. The number of nitrogens with two attached hydrogens (primary N) is 1. The summed E-state index contributed by atoms with van der Waals surface area (Å²) in [5, 5.41) is 13.3. The van der Waals surface area contributed by atoms with E-state index >= 15 is 0 Å². The molecule has 3 N–H and O–H groups in total. The number of hydrogen-bond acceptors (Lipinski definition) is 6. The van der Waals surface area contributed by atoms with Gasteiger partial charge in [0.15, 0.2) is 0 Å². The molecule has 1 aromatic heterocycles. The van der Waals surface area contributed by atoms with Crippen LogP contribution in [0.5, 0.6) is 5.75 Å². The van der Waals surface area contributed by atoms with Crippen LogP contribution in [-0.4, -0.2) is 20.3 Å². The standard InChI is InChI=1S/C19H16ClFN6O/c20-16-6-3-7-17(21)15(16)11-28-18-9-8-12-4-1-2-5-13(12)14(18)10-23-27-19(22)24-25-26-27/h1-9,23H,10-11H2,(H2,22,24,26). The predicted molar refractivity (Wildman–Crippen MR) is 105 cm³/mol. The zero-order valence-corrected chi connectivity index (χ0v) is 15.4. The van der Waals surface area contributed by atoms with Gasteiger partial charge >= 0.3 is 0 Å². The van der Waals surface area contributed by atoms with E-state index in [1.807, 2.05) is 36.4 Å². The molecule has 0 radical (unpaired) electrons. The number of ether oxygens (including phenoxy) is 1. The Labute approximate surface area is 164 Å². The summed E-state index contributed by atoms with van der Waals surface area (Å²) in [6.45, 7) is 0.348. The van der Waals surface area contributed by atoms with Crippen molar-refractivity contribution in [2.45, 2.75) is 13.2 Å². The van der Waals surface area contributed by atoms with Crippen molar-refractivity contribution in [1.29, 1.82) is 0 Å². The van der Waals surface area contributed by atoms with Crippen molar-refractivity contribution in [3.63, 3.8) is 0 Å². The Bertz CT molecular complexity index is 1110. The van der Waals surface area contributed by atoms with Crippen LogP contribution in [0.2, 0.25) is 5.02 Å². The van der Waals surface area contributed by atoms with E-state index in [-0.39, 0.29) is 12.6 Å². The van der Waals surface area contributed by atoms with E-state index in [2.05, 4.69) is 21.0 Å². The molecule has 0 unspecified atom stereocenters. The quantitative estimate of drug-likeness (QED) is 0.516. The number of anilines is 1. The number of halogens is 2. The van der Waals surface area contributed by atoms with E-state index in [0.29, 0.717) is 22.9 Å². The molecular formula is C19H16ClFN6O. The van der Waals surface area contributed by atoms with E-state index < -0.39 is 5.82 Å². The van der Waals surface area contributed by atoms with Crippen LogP contribution in [0.25, 0.3) is 10.8 Å². The number of rotatable bonds is 6. The van der Waals surface area contributed by atoms with Crippen LogP contribution in [0.15, 0.2) is 54.6 Å². The first-order valence-electron chi connectivity index (χ1n) is 8.47. The second kappa shape index (κ2) is 7.69. The van der Waals surface area contributed by atoms with Crippen LogP contribution in [0.1, 0.15) is 11.1 Å². The summed E-state index contributed by atoms with van der Waals surface area (Å²) < 4.78 is 20.0. The van der Waals surface area contributed by atoms with Crippen LogP contribution in [0.4, 0.5) is 10.3 Å². The van der Waals surface area contributed by atoms with E-state index in [1.54, 1.807) is 12.1 Å². The smallest absolute Gasteiger partial charge is 0.260 e. The molecule has 0 spiro atoms. The number of nitrogens with zero attached hydrogens (tertiary/aromatic N) is 4. The number of fused-ring (bicyclic) bond motifs is 1. The third-order valence-corrected chi connectivity index (χ3v) is 4.68. The summed E-state index contributed by atoms with van der Waals surface area (Å²) in [5.74, 6) is 0.326. The molecular weight excluding hydrogens is 383 g/mol. The largest absolute Gasteiger partial charge is 0.488 e. The minimum absolute atomic E-state index is 0.00384. The van der Waals surface area contributed by atoms with Gasteiger partial charge in [0.2, 0.25) is 0 Å². The average Bonchev–Trinajstić information content (AvgIpc) is 3.11. The van der Waals surface area contributed by atoms with Gasteiger partial charge in [0, 0.05) is 11.1 Å². The summed E-state index contributed by atoms with van der Waals surface area (Å²) in [7, 11) is 0. The fraction of sp³-hybridized carbons (Fsp3) is 0.105. The molecule has 0 aliphatic carbocycles. The molecule has 0 fully saturated rings. The van der Waals surface area contributed by atoms with Crippen molar-refractivity contribution in [2.75, 3.05) is 11.2 Å². The highest BCUT2D eigenvalue weighted by Gasteiger charge is 2.13. The number of benzene rings is 3. The summed E-state index contributed by atoms with van der Waals surface area (Å²) >= 11 is 6.10. The molecule has 0 atom stereocenters. The normalized spacial score (nSPS) is 10.9. The Morgan fingerprint density at radius 3 is 2.71 bits per heavy atom. The van der Waals surface area contributed by atoms with Crippen LogP contribution in [0, 0.1) is 5.82 Å². The average molecular weight is 399 g/mol. The molecule has 0 aliphatic heterocycles. The molecule has 3 aromatic carbocycles. The molecule has 0 saturated heterocycles. The van der Waals surface area contributed by atoms with Crippen LogP contribution >= 0.6 is 11.6 Å². The van der Waals surface area contributed by atoms with Crippen molar-refractivity contribution in [3.8, 4) is 5.75 Å². The summed E-state index contributed by atoms with van der Waals surface area (Å²) in [6.07, 6.45) is 0. The minimum atomic E-state index is -0.408. The van der Waals surface area contributed by atoms with Gasteiger partial charge in [0.05, 0.1) is 11.6 Å². The molecule has 4 aromatic rings. The van der Waals surface area contributed by atoms with Gasteiger partial charge in [-0.2, -0.15) is 0 Å². The van der Waals surface area contributed by atoms with Gasteiger partial charge in [0.1, 0.15) is 18.2 Å². The maximum absolute atomic E-state index is 14.1. The molecule has 9 heteroatoms. The number of hydrogen-bond donors (Lipinski definition) is 2. The van der Waals surface area contributed by atoms with Crippen molar-refractivity contribution in [3.05, 3.63) is 76.6 Å². The van der Waals surface area contributed by atoms with E-state index in [1.165, 1.54) is 10.9 Å². The zero-order chi connectivity index (χ0) is 19.5. The summed E-state index contributed by atoms with van der Waals surface area (Å²) in [6, 6.07) is 16.2. The molecule has 0 amide bonds. The second-order valence-electron chi connectivity index (χ2n) is 6.04. The lowest BCUT2D eigenvalue weighted by Crippen LogP contribution is -2.19. The molecule has 0 bridgehead atoms. The third-order valence-electron chi connectivity index (χ3n) is 4.33. The molecule has 28 heavy (non-hydrogen) atoms. The van der Waals surface area contributed by atoms with Gasteiger partial charge in [-0.25, -0.2) is 4.39 Å². The topological polar surface area (TPSA) is 90.9 Å². The fourth-order valence-electron chi connectivity index (χ4n) is 2.91.